The number of aromatic nitrogens is 2. The van der Waals surface area contributed by atoms with Crippen LogP contribution in [0.25, 0.3) is 0 Å². The van der Waals surface area contributed by atoms with Crippen molar-refractivity contribution in [3.05, 3.63) is 62.7 Å². The highest BCUT2D eigenvalue weighted by molar-refractivity contribution is 9.10. The maximum Gasteiger partial charge on any atom is 0.298 e. The Bertz CT molecular complexity index is 867. The Morgan fingerprint density at radius 2 is 2.00 bits per heavy atom. The molecule has 6 nitrogen and oxygen atoms in total. The minimum Gasteiger partial charge on any atom is -0.386 e. The van der Waals surface area contributed by atoms with E-state index in [1.54, 1.807) is 7.05 Å². The van der Waals surface area contributed by atoms with Gasteiger partial charge in [-0.3, -0.25) is 9.59 Å². The first-order chi connectivity index (χ1) is 11.4. The zero-order chi connectivity index (χ0) is 17.3. The van der Waals surface area contributed by atoms with Gasteiger partial charge in [0.1, 0.15) is 11.5 Å². The molecule has 24 heavy (non-hydrogen) atoms. The van der Waals surface area contributed by atoms with Crippen molar-refractivity contribution in [2.45, 2.75) is 24.7 Å². The zero-order valence-corrected chi connectivity index (χ0v) is 14.8. The van der Waals surface area contributed by atoms with Gasteiger partial charge < -0.3 is 10.3 Å². The average Bonchev–Trinajstić information content (AvgIpc) is 2.50. The summed E-state index contributed by atoms with van der Waals surface area (Å²) in [7, 11) is 1.56. The van der Waals surface area contributed by atoms with E-state index in [4.69, 9.17) is 5.73 Å². The molecule has 1 fully saturated rings. The van der Waals surface area contributed by atoms with Crippen molar-refractivity contribution in [3.63, 3.8) is 0 Å². The van der Waals surface area contributed by atoms with Gasteiger partial charge in [0.15, 0.2) is 0 Å². The molecule has 1 amide bonds. The van der Waals surface area contributed by atoms with E-state index in [0.29, 0.717) is 5.84 Å². The number of carbonyl (C=O) groups is 1. The number of amides is 1. The van der Waals surface area contributed by atoms with Gasteiger partial charge in [-0.25, -0.2) is 4.98 Å². The molecular weight excluding hydrogens is 372 g/mol. The number of aliphatic imine (C=N–C) groups is 1. The number of aryl methyl sites for hydroxylation is 1. The Labute approximate surface area is 147 Å². The largest absolute Gasteiger partial charge is 0.386 e. The van der Waals surface area contributed by atoms with Crippen LogP contribution < -0.4 is 11.3 Å². The Balaban J connectivity index is 1.93. The summed E-state index contributed by atoms with van der Waals surface area (Å²) in [5.41, 5.74) is 6.69. The van der Waals surface area contributed by atoms with Gasteiger partial charge in [0.2, 0.25) is 0 Å². The molecule has 0 aliphatic heterocycles. The SMILES string of the molecule is Cn1cc(C(=O)N=C(N)C2(c3ccc(Br)cc3)CCC2)ncc1=O. The van der Waals surface area contributed by atoms with Crippen LogP contribution in [0.3, 0.4) is 0 Å². The van der Waals surface area contributed by atoms with Crippen molar-refractivity contribution in [2.24, 2.45) is 17.8 Å². The predicted octanol–water partition coefficient (Wildman–Crippen LogP) is 2.16. The summed E-state index contributed by atoms with van der Waals surface area (Å²) in [4.78, 5) is 31.6. The minimum absolute atomic E-state index is 0.102. The van der Waals surface area contributed by atoms with Crippen LogP contribution in [0.15, 0.2) is 50.9 Å². The summed E-state index contributed by atoms with van der Waals surface area (Å²) in [5.74, 6) is -0.233. The average molecular weight is 389 g/mol. The number of carbonyl (C=O) groups excluding carboxylic acids is 1. The first kappa shape index (κ1) is 16.6. The van der Waals surface area contributed by atoms with Crippen LogP contribution in [0.2, 0.25) is 0 Å². The van der Waals surface area contributed by atoms with Crippen molar-refractivity contribution >= 4 is 27.7 Å². The van der Waals surface area contributed by atoms with Gasteiger partial charge in [-0.05, 0) is 30.5 Å². The quantitative estimate of drug-likeness (QED) is 0.644. The molecular formula is C17H17BrN4O2. The number of hydrogen-bond donors (Lipinski definition) is 1. The first-order valence-electron chi connectivity index (χ1n) is 7.60. The highest BCUT2D eigenvalue weighted by Gasteiger charge is 2.42. The second kappa shape index (κ2) is 6.32. The molecule has 1 aliphatic rings. The maximum atomic E-state index is 12.3. The van der Waals surface area contributed by atoms with Crippen LogP contribution in [0.4, 0.5) is 0 Å². The lowest BCUT2D eigenvalue weighted by Crippen LogP contribution is -2.47. The van der Waals surface area contributed by atoms with E-state index in [-0.39, 0.29) is 11.3 Å². The Morgan fingerprint density at radius 3 is 2.54 bits per heavy atom. The number of hydrogen-bond acceptors (Lipinski definition) is 3. The van der Waals surface area contributed by atoms with Crippen molar-refractivity contribution in [1.29, 1.82) is 0 Å². The van der Waals surface area contributed by atoms with Crippen molar-refractivity contribution in [3.8, 4) is 0 Å². The van der Waals surface area contributed by atoms with Gasteiger partial charge >= 0.3 is 0 Å². The normalized spacial score (nSPS) is 16.5. The number of benzene rings is 1. The van der Waals surface area contributed by atoms with E-state index in [0.717, 1.165) is 35.5 Å². The number of nitrogens with zero attached hydrogens (tertiary/aromatic N) is 3. The highest BCUT2D eigenvalue weighted by atomic mass is 79.9. The molecule has 0 spiro atoms. The van der Waals surface area contributed by atoms with E-state index in [2.05, 4.69) is 25.9 Å². The Hall–Kier alpha value is -2.28. The van der Waals surface area contributed by atoms with Crippen LogP contribution in [-0.2, 0) is 12.5 Å². The Kier molecular flexibility index (Phi) is 4.36. The number of nitrogens with two attached hydrogens (primary N) is 1. The van der Waals surface area contributed by atoms with Crippen molar-refractivity contribution < 1.29 is 4.79 Å². The third-order valence-electron chi connectivity index (χ3n) is 4.51. The topological polar surface area (TPSA) is 90.3 Å². The van der Waals surface area contributed by atoms with Crippen LogP contribution in [0.1, 0.15) is 35.3 Å². The van der Waals surface area contributed by atoms with Gasteiger partial charge in [0, 0.05) is 17.7 Å². The predicted molar refractivity (Wildman–Crippen MR) is 95.1 cm³/mol. The third-order valence-corrected chi connectivity index (χ3v) is 5.04. The van der Waals surface area contributed by atoms with Crippen molar-refractivity contribution in [2.75, 3.05) is 0 Å². The van der Waals surface area contributed by atoms with Crippen molar-refractivity contribution in [1.82, 2.24) is 9.55 Å². The standard InChI is InChI=1S/C17H17BrN4O2/c1-22-10-13(20-9-14(22)23)15(24)21-16(19)17(7-2-8-17)11-3-5-12(18)6-4-11/h3-6,9-10H,2,7-8H2,1H3,(H2,19,21,24). The maximum absolute atomic E-state index is 12.3. The molecule has 0 radical (unpaired) electrons. The summed E-state index contributed by atoms with van der Waals surface area (Å²) < 4.78 is 2.28. The van der Waals surface area contributed by atoms with E-state index < -0.39 is 11.3 Å². The molecule has 124 valence electrons. The summed E-state index contributed by atoms with van der Waals surface area (Å²) in [6.45, 7) is 0. The molecule has 0 bridgehead atoms. The highest BCUT2D eigenvalue weighted by Crippen LogP contribution is 2.44. The number of halogens is 1. The molecule has 1 aliphatic carbocycles. The summed E-state index contributed by atoms with van der Waals surface area (Å²) in [6, 6.07) is 7.92. The lowest BCUT2D eigenvalue weighted by molar-refractivity contribution is 0.0995. The fourth-order valence-electron chi connectivity index (χ4n) is 2.87. The minimum atomic E-state index is -0.536. The molecule has 1 heterocycles. The van der Waals surface area contributed by atoms with Gasteiger partial charge in [-0.1, -0.05) is 34.5 Å². The number of amidine groups is 1. The lowest BCUT2D eigenvalue weighted by Gasteiger charge is -2.41. The second-order valence-corrected chi connectivity index (χ2v) is 6.88. The molecule has 7 heteroatoms. The third kappa shape index (κ3) is 2.91. The van der Waals surface area contributed by atoms with Crippen LogP contribution >= 0.6 is 15.9 Å². The molecule has 1 saturated carbocycles. The van der Waals surface area contributed by atoms with E-state index in [1.807, 2.05) is 24.3 Å². The molecule has 0 saturated heterocycles. The summed E-state index contributed by atoms with van der Waals surface area (Å²) in [6.07, 6.45) is 5.23. The van der Waals surface area contributed by atoms with E-state index in [9.17, 15) is 9.59 Å². The molecule has 3 rings (SSSR count). The van der Waals surface area contributed by atoms with Crippen LogP contribution in [0, 0.1) is 0 Å². The Morgan fingerprint density at radius 1 is 1.33 bits per heavy atom. The zero-order valence-electron chi connectivity index (χ0n) is 13.2. The molecule has 1 aromatic heterocycles. The fourth-order valence-corrected chi connectivity index (χ4v) is 3.14. The van der Waals surface area contributed by atoms with Gasteiger partial charge in [-0.2, -0.15) is 4.99 Å². The van der Waals surface area contributed by atoms with Crippen LogP contribution in [0.5, 0.6) is 0 Å². The summed E-state index contributed by atoms with van der Waals surface area (Å²) in [5, 5.41) is 0. The van der Waals surface area contributed by atoms with Gasteiger partial charge in [0.05, 0.1) is 11.6 Å². The van der Waals surface area contributed by atoms with Crippen LogP contribution in [-0.4, -0.2) is 21.3 Å². The molecule has 0 atom stereocenters. The summed E-state index contributed by atoms with van der Waals surface area (Å²) >= 11 is 3.42. The van der Waals surface area contributed by atoms with E-state index in [1.165, 1.54) is 10.8 Å². The van der Waals surface area contributed by atoms with E-state index >= 15 is 0 Å². The molecule has 1 aromatic carbocycles. The van der Waals surface area contributed by atoms with Gasteiger partial charge in [0.25, 0.3) is 11.5 Å². The lowest BCUT2D eigenvalue weighted by atomic mass is 9.63. The molecule has 2 aromatic rings. The molecule has 2 N–H and O–H groups in total. The second-order valence-electron chi connectivity index (χ2n) is 5.97. The first-order valence-corrected chi connectivity index (χ1v) is 8.39. The molecule has 0 unspecified atom stereocenters. The fraction of sp³-hybridized carbons (Fsp3) is 0.294. The van der Waals surface area contributed by atoms with Gasteiger partial charge in [-0.15, -0.1) is 0 Å². The smallest absolute Gasteiger partial charge is 0.298 e. The number of rotatable bonds is 3. The monoisotopic (exact) mass is 388 g/mol.